The molecule has 4 rings (SSSR count). The van der Waals surface area contributed by atoms with E-state index >= 15 is 0 Å². The minimum atomic E-state index is -0.560. The van der Waals surface area contributed by atoms with Crippen LogP contribution in [0.15, 0.2) is 64.2 Å². The summed E-state index contributed by atoms with van der Waals surface area (Å²) in [6, 6.07) is 16.5. The van der Waals surface area contributed by atoms with E-state index in [2.05, 4.69) is 4.98 Å². The fourth-order valence-electron chi connectivity index (χ4n) is 3.28. The highest BCUT2D eigenvalue weighted by Gasteiger charge is 2.20. The van der Waals surface area contributed by atoms with Crippen molar-refractivity contribution in [1.29, 1.82) is 0 Å². The van der Waals surface area contributed by atoms with Gasteiger partial charge in [0.2, 0.25) is 5.28 Å². The largest absolute Gasteiger partial charge is 0.489 e. The zero-order valence-corrected chi connectivity index (χ0v) is 17.7. The number of carbonyl (C=O) groups is 1. The first kappa shape index (κ1) is 20.6. The fourth-order valence-corrected chi connectivity index (χ4v) is 3.50. The number of hydrogen-bond donors (Lipinski definition) is 0. The number of hydrogen-bond acceptors (Lipinski definition) is 5. The third kappa shape index (κ3) is 3.89. The summed E-state index contributed by atoms with van der Waals surface area (Å²) in [5, 5.41) is -0.0375. The van der Waals surface area contributed by atoms with Crippen LogP contribution in [-0.2, 0) is 27.2 Å². The molecule has 0 radical (unpaired) electrons. The van der Waals surface area contributed by atoms with Crippen molar-refractivity contribution in [3.63, 3.8) is 0 Å². The second-order valence-electron chi connectivity index (χ2n) is 7.07. The van der Waals surface area contributed by atoms with E-state index in [4.69, 9.17) is 16.3 Å². The molecule has 0 aliphatic rings. The summed E-state index contributed by atoms with van der Waals surface area (Å²) in [5.41, 5.74) is 0.638. The molecule has 8 nitrogen and oxygen atoms in total. The molecule has 9 heteroatoms. The molecule has 0 fully saturated rings. The molecule has 158 valence electrons. The number of fused-ring (bicyclic) bond motifs is 1. The lowest BCUT2D eigenvalue weighted by Crippen LogP contribution is -2.37. The lowest BCUT2D eigenvalue weighted by Gasteiger charge is -2.09. The maximum atomic E-state index is 12.8. The van der Waals surface area contributed by atoms with Crippen LogP contribution in [0.1, 0.15) is 15.9 Å². The van der Waals surface area contributed by atoms with E-state index in [1.54, 1.807) is 24.3 Å². The molecule has 31 heavy (non-hydrogen) atoms. The van der Waals surface area contributed by atoms with E-state index in [1.807, 2.05) is 30.3 Å². The number of halogens is 1. The molecule has 0 unspecified atom stereocenters. The zero-order chi connectivity index (χ0) is 22.1. The molecule has 0 atom stereocenters. The maximum Gasteiger partial charge on any atom is 0.332 e. The van der Waals surface area contributed by atoms with Crippen LogP contribution in [0.3, 0.4) is 0 Å². The molecule has 2 heterocycles. The van der Waals surface area contributed by atoms with E-state index in [9.17, 15) is 14.4 Å². The Kier molecular flexibility index (Phi) is 5.48. The van der Waals surface area contributed by atoms with Crippen molar-refractivity contribution < 1.29 is 9.53 Å². The Hall–Kier alpha value is -3.65. The minimum absolute atomic E-state index is 0.0375. The van der Waals surface area contributed by atoms with Gasteiger partial charge in [0.25, 0.3) is 5.56 Å². The van der Waals surface area contributed by atoms with Crippen LogP contribution in [0.2, 0.25) is 5.28 Å². The molecule has 0 bridgehead atoms. The van der Waals surface area contributed by atoms with E-state index in [1.165, 1.54) is 23.2 Å². The second-order valence-corrected chi connectivity index (χ2v) is 7.40. The molecule has 4 aromatic rings. The summed E-state index contributed by atoms with van der Waals surface area (Å²) in [6.07, 6.45) is 0. The highest BCUT2D eigenvalue weighted by Crippen LogP contribution is 2.18. The van der Waals surface area contributed by atoms with Crippen LogP contribution in [0.5, 0.6) is 5.75 Å². The van der Waals surface area contributed by atoms with Gasteiger partial charge in [-0.15, -0.1) is 0 Å². The van der Waals surface area contributed by atoms with E-state index in [-0.39, 0.29) is 28.8 Å². The monoisotopic (exact) mass is 438 g/mol. The Morgan fingerprint density at radius 2 is 1.68 bits per heavy atom. The van der Waals surface area contributed by atoms with Crippen LogP contribution < -0.4 is 16.0 Å². The van der Waals surface area contributed by atoms with Gasteiger partial charge in [-0.3, -0.25) is 18.7 Å². The molecule has 0 amide bonds. The van der Waals surface area contributed by atoms with Crippen LogP contribution >= 0.6 is 11.6 Å². The Balaban J connectivity index is 1.56. The minimum Gasteiger partial charge on any atom is -0.489 e. The topological polar surface area (TPSA) is 88.1 Å². The fraction of sp³-hybridized carbons (Fsp3) is 0.182. The van der Waals surface area contributed by atoms with Gasteiger partial charge in [0, 0.05) is 19.7 Å². The summed E-state index contributed by atoms with van der Waals surface area (Å²) in [7, 11) is 2.86. The number of ketones is 1. The van der Waals surface area contributed by atoms with Crippen molar-refractivity contribution in [1.82, 2.24) is 18.7 Å². The van der Waals surface area contributed by atoms with Crippen LogP contribution in [0, 0.1) is 0 Å². The average Bonchev–Trinajstić information content (AvgIpc) is 3.12. The highest BCUT2D eigenvalue weighted by atomic mass is 35.5. The van der Waals surface area contributed by atoms with E-state index in [0.29, 0.717) is 17.9 Å². The number of Topliss-reactive ketones (excluding diaryl/α,β-unsaturated/α-hetero) is 1. The Morgan fingerprint density at radius 3 is 2.35 bits per heavy atom. The second kappa shape index (κ2) is 8.23. The molecular weight excluding hydrogens is 420 g/mol. The maximum absolute atomic E-state index is 12.8. The van der Waals surface area contributed by atoms with Gasteiger partial charge < -0.3 is 9.30 Å². The van der Waals surface area contributed by atoms with E-state index < -0.39 is 11.2 Å². The lowest BCUT2D eigenvalue weighted by atomic mass is 10.1. The first-order chi connectivity index (χ1) is 14.9. The molecule has 0 saturated heterocycles. The number of imidazole rings is 1. The lowest BCUT2D eigenvalue weighted by molar-refractivity contribution is 0.0973. The number of carbonyl (C=O) groups excluding carboxylic acids is 1. The smallest absolute Gasteiger partial charge is 0.332 e. The molecule has 0 aliphatic carbocycles. The summed E-state index contributed by atoms with van der Waals surface area (Å²) in [4.78, 5) is 41.6. The Morgan fingerprint density at radius 1 is 1.00 bits per heavy atom. The number of aromatic nitrogens is 4. The van der Waals surface area contributed by atoms with E-state index in [0.717, 1.165) is 10.1 Å². The van der Waals surface area contributed by atoms with Gasteiger partial charge >= 0.3 is 5.69 Å². The molecule has 0 spiro atoms. The number of ether oxygens (including phenoxy) is 1. The first-order valence-corrected chi connectivity index (χ1v) is 9.86. The van der Waals surface area contributed by atoms with Crippen LogP contribution in [0.4, 0.5) is 0 Å². The first-order valence-electron chi connectivity index (χ1n) is 9.48. The van der Waals surface area contributed by atoms with Gasteiger partial charge in [0.05, 0.1) is 6.54 Å². The van der Waals surface area contributed by atoms with Crippen molar-refractivity contribution in [2.45, 2.75) is 13.2 Å². The molecule has 0 saturated carbocycles. The number of rotatable bonds is 6. The molecular formula is C22H19ClN4O4. The highest BCUT2D eigenvalue weighted by molar-refractivity contribution is 6.29. The SMILES string of the molecule is Cn1c(=O)c2c(nc(Cl)n2CC(=O)c2ccc(OCc3ccccc3)cc2)n(C)c1=O. The van der Waals surface area contributed by atoms with Crippen molar-refractivity contribution in [3.8, 4) is 5.75 Å². The third-order valence-electron chi connectivity index (χ3n) is 5.03. The van der Waals surface area contributed by atoms with Crippen LogP contribution in [-0.4, -0.2) is 24.5 Å². The predicted octanol–water partition coefficient (Wildman–Crippen LogP) is 2.55. The van der Waals surface area contributed by atoms with Gasteiger partial charge in [-0.25, -0.2) is 4.79 Å². The standard InChI is InChI=1S/C22H19ClN4O4/c1-25-19-18(20(29)26(2)22(25)30)27(21(23)24-19)12-17(28)15-8-10-16(11-9-15)31-13-14-6-4-3-5-7-14/h3-11H,12-13H2,1-2H3. The summed E-state index contributed by atoms with van der Waals surface area (Å²) < 4.78 is 9.24. The molecule has 2 aromatic carbocycles. The van der Waals surface area contributed by atoms with Gasteiger partial charge in [0.1, 0.15) is 12.4 Å². The number of aryl methyl sites for hydroxylation is 1. The quantitative estimate of drug-likeness (QED) is 0.341. The summed E-state index contributed by atoms with van der Waals surface area (Å²) in [5.74, 6) is 0.377. The number of benzene rings is 2. The third-order valence-corrected chi connectivity index (χ3v) is 5.32. The molecule has 0 aliphatic heterocycles. The average molecular weight is 439 g/mol. The van der Waals surface area contributed by atoms with Gasteiger partial charge in [-0.1, -0.05) is 30.3 Å². The van der Waals surface area contributed by atoms with Crippen molar-refractivity contribution in [3.05, 3.63) is 91.8 Å². The van der Waals surface area contributed by atoms with Crippen molar-refractivity contribution in [2.75, 3.05) is 0 Å². The Labute approximate surface area is 181 Å². The van der Waals surface area contributed by atoms with Crippen molar-refractivity contribution in [2.24, 2.45) is 14.1 Å². The Bertz CT molecular complexity index is 1390. The van der Waals surface area contributed by atoms with Gasteiger partial charge in [-0.2, -0.15) is 4.98 Å². The molecule has 2 aromatic heterocycles. The predicted molar refractivity (Wildman–Crippen MR) is 117 cm³/mol. The van der Waals surface area contributed by atoms with Gasteiger partial charge in [-0.05, 0) is 41.4 Å². The summed E-state index contributed by atoms with van der Waals surface area (Å²) >= 11 is 6.19. The normalized spacial score (nSPS) is 11.1. The molecule has 0 N–H and O–H groups in total. The zero-order valence-electron chi connectivity index (χ0n) is 16.9. The van der Waals surface area contributed by atoms with Crippen LogP contribution in [0.25, 0.3) is 11.2 Å². The summed E-state index contributed by atoms with van der Waals surface area (Å²) in [6.45, 7) is 0.236. The van der Waals surface area contributed by atoms with Gasteiger partial charge in [0.15, 0.2) is 16.9 Å². The van der Waals surface area contributed by atoms with Crippen molar-refractivity contribution >= 4 is 28.5 Å². The number of nitrogens with zero attached hydrogens (tertiary/aromatic N) is 4.